The molecule has 0 atom stereocenters. The van der Waals surface area contributed by atoms with Gasteiger partial charge >= 0.3 is 0 Å². The molecule has 0 amide bonds. The maximum Gasteiger partial charge on any atom is 0.190 e. The second-order valence-electron chi connectivity index (χ2n) is 5.31. The molecule has 3 heteroatoms. The highest BCUT2D eigenvalue weighted by Gasteiger charge is 2.09. The summed E-state index contributed by atoms with van der Waals surface area (Å²) >= 11 is 0. The van der Waals surface area contributed by atoms with Crippen molar-refractivity contribution in [1.29, 1.82) is 0 Å². The molecule has 3 nitrogen and oxygen atoms in total. The third-order valence-electron chi connectivity index (χ3n) is 3.81. The fraction of sp³-hybridized carbons (Fsp3) is 0.0556. The Labute approximate surface area is 121 Å². The Hall–Kier alpha value is -2.81. The summed E-state index contributed by atoms with van der Waals surface area (Å²) < 4.78 is 0. The summed E-state index contributed by atoms with van der Waals surface area (Å²) in [6, 6.07) is 17.8. The molecular weight excluding hydrogens is 260 g/mol. The van der Waals surface area contributed by atoms with E-state index in [9.17, 15) is 4.79 Å². The summed E-state index contributed by atoms with van der Waals surface area (Å²) in [4.78, 5) is 19.0. The molecule has 21 heavy (non-hydrogen) atoms. The second kappa shape index (κ2) is 4.35. The molecule has 102 valence electrons. The average molecular weight is 274 g/mol. The summed E-state index contributed by atoms with van der Waals surface area (Å²) in [6.45, 7) is 1.90. The van der Waals surface area contributed by atoms with Gasteiger partial charge in [0.25, 0.3) is 0 Å². The highest BCUT2D eigenvalue weighted by atomic mass is 16.1. The van der Waals surface area contributed by atoms with Crippen LogP contribution in [-0.2, 0) is 0 Å². The van der Waals surface area contributed by atoms with E-state index in [4.69, 9.17) is 0 Å². The molecule has 2 N–H and O–H groups in total. The summed E-state index contributed by atoms with van der Waals surface area (Å²) in [5.41, 5.74) is 4.95. The monoisotopic (exact) mass is 274 g/mol. The van der Waals surface area contributed by atoms with E-state index >= 15 is 0 Å². The standard InChI is InChI=1S/C18H14N2O/c1-11-9-17(21)18-13-10-16(12-5-3-2-4-6-12)20-14(13)7-8-15(18)19-11/h2-10,20H,1H3,(H,19,21). The van der Waals surface area contributed by atoms with Crippen LogP contribution in [-0.4, -0.2) is 9.97 Å². The first-order valence-electron chi connectivity index (χ1n) is 6.93. The van der Waals surface area contributed by atoms with Crippen molar-refractivity contribution in [2.75, 3.05) is 0 Å². The van der Waals surface area contributed by atoms with Gasteiger partial charge in [-0.25, -0.2) is 0 Å². The van der Waals surface area contributed by atoms with Crippen molar-refractivity contribution < 1.29 is 0 Å². The number of rotatable bonds is 1. The first kappa shape index (κ1) is 12.0. The Morgan fingerprint density at radius 1 is 0.857 bits per heavy atom. The molecule has 4 rings (SSSR count). The molecule has 0 saturated carbocycles. The summed E-state index contributed by atoms with van der Waals surface area (Å²) in [5.74, 6) is 0. The maximum atomic E-state index is 12.3. The Bertz CT molecular complexity index is 1010. The van der Waals surface area contributed by atoms with Crippen LogP contribution >= 0.6 is 0 Å². The van der Waals surface area contributed by atoms with E-state index in [0.29, 0.717) is 0 Å². The number of nitrogens with one attached hydrogen (secondary N) is 2. The molecular formula is C18H14N2O. The predicted octanol–water partition coefficient (Wildman–Crippen LogP) is 3.98. The van der Waals surface area contributed by atoms with Gasteiger partial charge in [0, 0.05) is 28.4 Å². The highest BCUT2D eigenvalue weighted by Crippen LogP contribution is 2.27. The molecule has 2 aromatic heterocycles. The van der Waals surface area contributed by atoms with Gasteiger partial charge in [0.2, 0.25) is 0 Å². The minimum atomic E-state index is 0.0606. The number of hydrogen-bond acceptors (Lipinski definition) is 1. The van der Waals surface area contributed by atoms with Gasteiger partial charge in [-0.2, -0.15) is 0 Å². The van der Waals surface area contributed by atoms with Gasteiger partial charge in [0.05, 0.1) is 10.9 Å². The summed E-state index contributed by atoms with van der Waals surface area (Å²) in [7, 11) is 0. The number of hydrogen-bond donors (Lipinski definition) is 2. The van der Waals surface area contributed by atoms with E-state index in [1.54, 1.807) is 6.07 Å². The normalized spacial score (nSPS) is 11.3. The Balaban J connectivity index is 2.08. The number of aromatic nitrogens is 2. The summed E-state index contributed by atoms with van der Waals surface area (Å²) in [5, 5.41) is 1.71. The number of fused-ring (bicyclic) bond motifs is 3. The zero-order chi connectivity index (χ0) is 14.4. The Kier molecular flexibility index (Phi) is 2.48. The second-order valence-corrected chi connectivity index (χ2v) is 5.31. The topological polar surface area (TPSA) is 48.6 Å². The average Bonchev–Trinajstić information content (AvgIpc) is 2.91. The van der Waals surface area contributed by atoms with Gasteiger partial charge in [0.1, 0.15) is 0 Å². The van der Waals surface area contributed by atoms with Crippen LogP contribution in [0.4, 0.5) is 0 Å². The zero-order valence-corrected chi connectivity index (χ0v) is 11.6. The SMILES string of the molecule is Cc1cc(=O)c2c(ccc3[nH]c(-c4ccccc4)cc32)[nH]1. The van der Waals surface area contributed by atoms with Crippen molar-refractivity contribution in [3.8, 4) is 11.3 Å². The summed E-state index contributed by atoms with van der Waals surface area (Å²) in [6.07, 6.45) is 0. The molecule has 0 aliphatic heterocycles. The molecule has 0 bridgehead atoms. The van der Waals surface area contributed by atoms with Crippen LogP contribution in [0.3, 0.4) is 0 Å². The highest BCUT2D eigenvalue weighted by molar-refractivity contribution is 6.06. The van der Waals surface area contributed by atoms with Crippen molar-refractivity contribution >= 4 is 21.8 Å². The minimum Gasteiger partial charge on any atom is -0.358 e. The number of benzene rings is 2. The van der Waals surface area contributed by atoms with Gasteiger partial charge in [-0.3, -0.25) is 4.79 Å². The molecule has 0 unspecified atom stereocenters. The molecule has 0 fully saturated rings. The van der Waals surface area contributed by atoms with Crippen LogP contribution in [0.5, 0.6) is 0 Å². The lowest BCUT2D eigenvalue weighted by Gasteiger charge is -2.00. The van der Waals surface area contributed by atoms with Gasteiger partial charge < -0.3 is 9.97 Å². The van der Waals surface area contributed by atoms with Crippen molar-refractivity contribution in [2.24, 2.45) is 0 Å². The lowest BCUT2D eigenvalue weighted by atomic mass is 10.1. The van der Waals surface area contributed by atoms with E-state index in [1.165, 1.54) is 0 Å². The van der Waals surface area contributed by atoms with E-state index < -0.39 is 0 Å². The van der Waals surface area contributed by atoms with Gasteiger partial charge in [-0.05, 0) is 30.7 Å². The van der Waals surface area contributed by atoms with Crippen LogP contribution in [0.1, 0.15) is 5.69 Å². The number of pyridine rings is 1. The van der Waals surface area contributed by atoms with E-state index in [1.807, 2.05) is 37.3 Å². The Morgan fingerprint density at radius 2 is 1.62 bits per heavy atom. The van der Waals surface area contributed by atoms with Crippen molar-refractivity contribution in [1.82, 2.24) is 9.97 Å². The molecule has 0 radical (unpaired) electrons. The minimum absolute atomic E-state index is 0.0606. The van der Waals surface area contributed by atoms with E-state index in [2.05, 4.69) is 28.2 Å². The maximum absolute atomic E-state index is 12.3. The smallest absolute Gasteiger partial charge is 0.190 e. The van der Waals surface area contributed by atoms with Gasteiger partial charge in [-0.1, -0.05) is 30.3 Å². The Morgan fingerprint density at radius 3 is 2.43 bits per heavy atom. The van der Waals surface area contributed by atoms with Crippen molar-refractivity contribution in [2.45, 2.75) is 6.92 Å². The first-order valence-corrected chi connectivity index (χ1v) is 6.93. The number of aryl methyl sites for hydroxylation is 1. The fourth-order valence-electron chi connectivity index (χ4n) is 2.86. The van der Waals surface area contributed by atoms with Crippen molar-refractivity contribution in [3.05, 3.63) is 70.5 Å². The molecule has 0 aliphatic carbocycles. The number of aromatic amines is 2. The largest absolute Gasteiger partial charge is 0.358 e. The van der Waals surface area contributed by atoms with E-state index in [0.717, 1.165) is 38.8 Å². The van der Waals surface area contributed by atoms with Crippen LogP contribution < -0.4 is 5.43 Å². The zero-order valence-electron chi connectivity index (χ0n) is 11.6. The lowest BCUT2D eigenvalue weighted by molar-refractivity contribution is 1.24. The first-order chi connectivity index (χ1) is 10.2. The third kappa shape index (κ3) is 1.86. The van der Waals surface area contributed by atoms with Crippen LogP contribution in [0.15, 0.2) is 59.4 Å². The van der Waals surface area contributed by atoms with Crippen molar-refractivity contribution in [3.63, 3.8) is 0 Å². The molecule has 2 heterocycles. The van der Waals surface area contributed by atoms with Crippen LogP contribution in [0, 0.1) is 6.92 Å². The quantitative estimate of drug-likeness (QED) is 0.542. The molecule has 0 saturated heterocycles. The molecule has 4 aromatic rings. The van der Waals surface area contributed by atoms with Crippen LogP contribution in [0.2, 0.25) is 0 Å². The molecule has 0 aliphatic rings. The molecule has 0 spiro atoms. The van der Waals surface area contributed by atoms with E-state index in [-0.39, 0.29) is 5.43 Å². The third-order valence-corrected chi connectivity index (χ3v) is 3.81. The van der Waals surface area contributed by atoms with Gasteiger partial charge in [-0.15, -0.1) is 0 Å². The predicted molar refractivity (Wildman–Crippen MR) is 86.6 cm³/mol. The fourth-order valence-corrected chi connectivity index (χ4v) is 2.86. The molecule has 2 aromatic carbocycles. The lowest BCUT2D eigenvalue weighted by Crippen LogP contribution is -2.02. The van der Waals surface area contributed by atoms with Crippen LogP contribution in [0.25, 0.3) is 33.1 Å². The number of H-pyrrole nitrogens is 2. The van der Waals surface area contributed by atoms with Gasteiger partial charge in [0.15, 0.2) is 5.43 Å².